The number of carbonyl (C=O) groups is 2. The van der Waals surface area contributed by atoms with Crippen LogP contribution in [0.15, 0.2) is 41.9 Å². The van der Waals surface area contributed by atoms with Crippen LogP contribution in [-0.2, 0) is 4.79 Å². The highest BCUT2D eigenvalue weighted by Gasteiger charge is 2.31. The van der Waals surface area contributed by atoms with Gasteiger partial charge < -0.3 is 14.4 Å². The molecule has 26 heavy (non-hydrogen) atoms. The second-order valence-electron chi connectivity index (χ2n) is 7.24. The number of rotatable bonds is 2. The summed E-state index contributed by atoms with van der Waals surface area (Å²) in [6.07, 6.45) is 1.86. The molecule has 0 spiro atoms. The number of ketones is 1. The first kappa shape index (κ1) is 16.6. The zero-order valence-corrected chi connectivity index (χ0v) is 15.4. The molecule has 0 atom stereocenters. The molecular formula is C20H17NO4S. The Morgan fingerprint density at radius 3 is 2.69 bits per heavy atom. The molecule has 0 radical (unpaired) electrons. The van der Waals surface area contributed by atoms with E-state index in [9.17, 15) is 14.7 Å². The molecule has 1 aliphatic rings. The lowest BCUT2D eigenvalue weighted by Crippen LogP contribution is -2.25. The number of phenols is 1. The van der Waals surface area contributed by atoms with Crippen molar-refractivity contribution in [1.29, 1.82) is 0 Å². The fourth-order valence-corrected chi connectivity index (χ4v) is 3.87. The number of aromatic nitrogens is 1. The molecule has 0 aliphatic carbocycles. The molecular weight excluding hydrogens is 350 g/mol. The minimum Gasteiger partial charge on any atom is -0.504 e. The molecule has 3 heterocycles. The van der Waals surface area contributed by atoms with E-state index in [1.165, 1.54) is 11.3 Å². The van der Waals surface area contributed by atoms with Crippen molar-refractivity contribution in [3.8, 4) is 28.3 Å². The van der Waals surface area contributed by atoms with E-state index in [1.807, 2.05) is 22.2 Å². The second-order valence-corrected chi connectivity index (χ2v) is 8.12. The zero-order chi connectivity index (χ0) is 18.6. The van der Waals surface area contributed by atoms with E-state index in [2.05, 4.69) is 0 Å². The lowest BCUT2D eigenvalue weighted by atomic mass is 9.97. The second kappa shape index (κ2) is 5.57. The molecule has 0 unspecified atom stereocenters. The van der Waals surface area contributed by atoms with Crippen LogP contribution in [-0.4, -0.2) is 21.4 Å². The van der Waals surface area contributed by atoms with Crippen LogP contribution in [0.3, 0.4) is 0 Å². The van der Waals surface area contributed by atoms with Crippen molar-refractivity contribution in [2.45, 2.75) is 20.8 Å². The molecule has 5 nitrogen and oxygen atoms in total. The monoisotopic (exact) mass is 367 g/mol. The Morgan fingerprint density at radius 2 is 2.00 bits per heavy atom. The van der Waals surface area contributed by atoms with E-state index in [0.29, 0.717) is 10.6 Å². The van der Waals surface area contributed by atoms with Crippen molar-refractivity contribution in [3.63, 3.8) is 0 Å². The maximum absolute atomic E-state index is 12.4. The highest BCUT2D eigenvalue weighted by molar-refractivity contribution is 7.13. The van der Waals surface area contributed by atoms with Gasteiger partial charge in [-0.1, -0.05) is 6.07 Å². The van der Waals surface area contributed by atoms with Crippen molar-refractivity contribution in [3.05, 3.63) is 52.5 Å². The Balaban J connectivity index is 1.72. The predicted molar refractivity (Wildman–Crippen MR) is 99.3 cm³/mol. The standard InChI is InChI=1S/C20H17NO4S/c1-20(2,3)19(24)25-15-7-6-11(9-14(15)22)12-10-26-18-16(12)21-8-4-5-13(21)17(18)23/h4-10,22H,1-3H3. The molecule has 132 valence electrons. The number of thiophene rings is 1. The van der Waals surface area contributed by atoms with Gasteiger partial charge in [0, 0.05) is 17.1 Å². The molecule has 4 rings (SSSR count). The number of hydrogen-bond donors (Lipinski definition) is 1. The largest absolute Gasteiger partial charge is 0.504 e. The number of phenolic OH excluding ortho intramolecular Hbond substituents is 1. The molecule has 0 fully saturated rings. The molecule has 1 aliphatic heterocycles. The summed E-state index contributed by atoms with van der Waals surface area (Å²) in [5.41, 5.74) is 2.43. The minimum absolute atomic E-state index is 0.0150. The number of benzene rings is 1. The third kappa shape index (κ3) is 2.45. The van der Waals surface area contributed by atoms with Crippen LogP contribution >= 0.6 is 11.3 Å². The number of aromatic hydroxyl groups is 1. The van der Waals surface area contributed by atoms with Gasteiger partial charge in [0.05, 0.1) is 16.8 Å². The molecule has 3 aromatic rings. The van der Waals surface area contributed by atoms with E-state index in [-0.39, 0.29) is 17.3 Å². The van der Waals surface area contributed by atoms with Gasteiger partial charge in [0.25, 0.3) is 0 Å². The highest BCUT2D eigenvalue weighted by atomic mass is 32.1. The van der Waals surface area contributed by atoms with Crippen molar-refractivity contribution >= 4 is 23.1 Å². The third-order valence-electron chi connectivity index (χ3n) is 4.28. The maximum Gasteiger partial charge on any atom is 0.316 e. The Labute approximate surface area is 154 Å². The van der Waals surface area contributed by atoms with Gasteiger partial charge in [-0.25, -0.2) is 0 Å². The van der Waals surface area contributed by atoms with Crippen molar-refractivity contribution in [1.82, 2.24) is 4.57 Å². The Kier molecular flexibility index (Phi) is 3.56. The number of nitrogens with zero attached hydrogens (tertiary/aromatic N) is 1. The van der Waals surface area contributed by atoms with Crippen molar-refractivity contribution in [2.24, 2.45) is 5.41 Å². The number of carbonyl (C=O) groups excluding carboxylic acids is 2. The molecule has 2 aromatic heterocycles. The smallest absolute Gasteiger partial charge is 0.316 e. The first-order valence-electron chi connectivity index (χ1n) is 8.17. The summed E-state index contributed by atoms with van der Waals surface area (Å²) in [7, 11) is 0. The quantitative estimate of drug-likeness (QED) is 0.421. The summed E-state index contributed by atoms with van der Waals surface area (Å²) in [5, 5.41) is 12.2. The summed E-state index contributed by atoms with van der Waals surface area (Å²) < 4.78 is 7.16. The SMILES string of the molecule is CC(C)(C)C(=O)Oc1ccc(-c2csc3c2-n2cccc2C3=O)cc1O. The summed E-state index contributed by atoms with van der Waals surface area (Å²) in [5.74, 6) is -0.392. The van der Waals surface area contributed by atoms with Crippen LogP contribution in [0.5, 0.6) is 11.5 Å². The lowest BCUT2D eigenvalue weighted by molar-refractivity contribution is -0.143. The first-order chi connectivity index (χ1) is 12.3. The predicted octanol–water partition coefficient (Wildman–Crippen LogP) is 4.41. The van der Waals surface area contributed by atoms with Crippen LogP contribution in [0.1, 0.15) is 36.1 Å². The average Bonchev–Trinajstić information content (AvgIpc) is 3.25. The topological polar surface area (TPSA) is 68.5 Å². The zero-order valence-electron chi connectivity index (χ0n) is 14.6. The molecule has 1 aromatic carbocycles. The summed E-state index contributed by atoms with van der Waals surface area (Å²) in [6.45, 7) is 5.25. The van der Waals surface area contributed by atoms with Gasteiger partial charge in [-0.15, -0.1) is 11.3 Å². The van der Waals surface area contributed by atoms with Gasteiger partial charge in [0.15, 0.2) is 11.5 Å². The average molecular weight is 367 g/mol. The Hall–Kier alpha value is -2.86. The van der Waals surface area contributed by atoms with Crippen LogP contribution in [0.25, 0.3) is 16.8 Å². The maximum atomic E-state index is 12.4. The number of hydrogen-bond acceptors (Lipinski definition) is 5. The number of ether oxygens (including phenoxy) is 1. The van der Waals surface area contributed by atoms with Gasteiger partial charge in [0.1, 0.15) is 4.88 Å². The van der Waals surface area contributed by atoms with Crippen LogP contribution in [0.4, 0.5) is 0 Å². The number of esters is 1. The van der Waals surface area contributed by atoms with E-state index in [0.717, 1.165) is 16.8 Å². The minimum atomic E-state index is -0.662. The van der Waals surface area contributed by atoms with Crippen molar-refractivity contribution in [2.75, 3.05) is 0 Å². The molecule has 0 saturated carbocycles. The van der Waals surface area contributed by atoms with Crippen LogP contribution in [0, 0.1) is 5.41 Å². The third-order valence-corrected chi connectivity index (χ3v) is 5.25. The van der Waals surface area contributed by atoms with Gasteiger partial charge in [-0.3, -0.25) is 9.59 Å². The van der Waals surface area contributed by atoms with Gasteiger partial charge in [-0.2, -0.15) is 0 Å². The highest BCUT2D eigenvalue weighted by Crippen LogP contribution is 2.42. The van der Waals surface area contributed by atoms with Crippen LogP contribution < -0.4 is 4.74 Å². The van der Waals surface area contributed by atoms with E-state index >= 15 is 0 Å². The van der Waals surface area contributed by atoms with E-state index in [4.69, 9.17) is 4.74 Å². The molecule has 1 N–H and O–H groups in total. The van der Waals surface area contributed by atoms with Gasteiger partial charge in [-0.05, 0) is 50.6 Å². The summed E-state index contributed by atoms with van der Waals surface area (Å²) in [6, 6.07) is 8.54. The molecule has 0 amide bonds. The fourth-order valence-electron chi connectivity index (χ4n) is 2.86. The van der Waals surface area contributed by atoms with Gasteiger partial charge in [0.2, 0.25) is 5.78 Å². The normalized spacial score (nSPS) is 12.8. The molecule has 0 bridgehead atoms. The summed E-state index contributed by atoms with van der Waals surface area (Å²) in [4.78, 5) is 25.1. The molecule has 0 saturated heterocycles. The van der Waals surface area contributed by atoms with Gasteiger partial charge >= 0.3 is 5.97 Å². The van der Waals surface area contributed by atoms with E-state index < -0.39 is 11.4 Å². The fraction of sp³-hybridized carbons (Fsp3) is 0.200. The van der Waals surface area contributed by atoms with Crippen LogP contribution in [0.2, 0.25) is 0 Å². The Bertz CT molecular complexity index is 1050. The Morgan fingerprint density at radius 1 is 1.23 bits per heavy atom. The number of fused-ring (bicyclic) bond motifs is 3. The molecule has 6 heteroatoms. The van der Waals surface area contributed by atoms with E-state index in [1.54, 1.807) is 45.0 Å². The summed E-state index contributed by atoms with van der Waals surface area (Å²) >= 11 is 1.39. The lowest BCUT2D eigenvalue weighted by Gasteiger charge is -2.17. The van der Waals surface area contributed by atoms with Crippen molar-refractivity contribution < 1.29 is 19.4 Å². The first-order valence-corrected chi connectivity index (χ1v) is 9.05.